The number of ether oxygens (including phenoxy) is 1. The Morgan fingerprint density at radius 1 is 1.18 bits per heavy atom. The van der Waals surface area contributed by atoms with Crippen molar-refractivity contribution in [1.29, 1.82) is 0 Å². The van der Waals surface area contributed by atoms with Gasteiger partial charge in [0.1, 0.15) is 17.2 Å². The number of hydrogen-bond acceptors (Lipinski definition) is 6. The van der Waals surface area contributed by atoms with Gasteiger partial charge < -0.3 is 15.0 Å². The summed E-state index contributed by atoms with van der Waals surface area (Å²) in [7, 11) is 3.74. The molecule has 1 aromatic carbocycles. The number of nitrogens with zero attached hydrogens (tertiary/aromatic N) is 3. The lowest BCUT2D eigenvalue weighted by atomic mass is 9.95. The summed E-state index contributed by atoms with van der Waals surface area (Å²) in [6.07, 6.45) is 8.03. The Morgan fingerprint density at radius 2 is 1.96 bits per heavy atom. The van der Waals surface area contributed by atoms with Gasteiger partial charge in [-0.05, 0) is 37.1 Å². The first kappa shape index (κ1) is 18.7. The molecule has 0 aliphatic heterocycles. The predicted octanol–water partition coefficient (Wildman–Crippen LogP) is 4.61. The average molecular weight is 397 g/mol. The van der Waals surface area contributed by atoms with Gasteiger partial charge in [-0.15, -0.1) is 0 Å². The number of carbonyl (C=O) groups excluding carboxylic acids is 1. The number of hydrogen-bond donors (Lipinski definition) is 1. The van der Waals surface area contributed by atoms with Crippen LogP contribution in [0.3, 0.4) is 0 Å². The minimum atomic E-state index is -0.216. The monoisotopic (exact) mass is 396 g/mol. The van der Waals surface area contributed by atoms with E-state index in [1.165, 1.54) is 32.1 Å². The second kappa shape index (κ2) is 8.14. The average Bonchev–Trinajstić information content (AvgIpc) is 3.17. The lowest BCUT2D eigenvalue weighted by Crippen LogP contribution is -2.33. The zero-order valence-corrected chi connectivity index (χ0v) is 17.0. The highest BCUT2D eigenvalue weighted by Gasteiger charge is 2.20. The maximum absolute atomic E-state index is 11.6. The summed E-state index contributed by atoms with van der Waals surface area (Å²) < 4.78 is 7.01. The summed E-state index contributed by atoms with van der Waals surface area (Å²) >= 11 is 1.70. The van der Waals surface area contributed by atoms with E-state index in [2.05, 4.69) is 22.2 Å². The van der Waals surface area contributed by atoms with Crippen LogP contribution in [-0.2, 0) is 0 Å². The van der Waals surface area contributed by atoms with Crippen molar-refractivity contribution in [1.82, 2.24) is 15.3 Å². The SMILES string of the molecule is CNC(=O)c1ccc(Oc2ccc3nc(N(C)C4CCCCC4)sc3c2)cn1. The third-order valence-corrected chi connectivity index (χ3v) is 6.31. The van der Waals surface area contributed by atoms with Gasteiger partial charge in [0.15, 0.2) is 5.13 Å². The number of thiazole rings is 1. The van der Waals surface area contributed by atoms with E-state index in [0.29, 0.717) is 17.5 Å². The summed E-state index contributed by atoms with van der Waals surface area (Å²) in [6.45, 7) is 0. The molecule has 4 rings (SSSR count). The molecule has 1 amide bonds. The second-order valence-electron chi connectivity index (χ2n) is 7.09. The fourth-order valence-electron chi connectivity index (χ4n) is 3.57. The smallest absolute Gasteiger partial charge is 0.269 e. The molecule has 0 unspecified atom stereocenters. The van der Waals surface area contributed by atoms with Crippen LogP contribution in [0.2, 0.25) is 0 Å². The third kappa shape index (κ3) is 3.94. The highest BCUT2D eigenvalue weighted by Crippen LogP contribution is 2.35. The van der Waals surface area contributed by atoms with Crippen LogP contribution in [0.15, 0.2) is 36.5 Å². The molecular weight excluding hydrogens is 372 g/mol. The molecule has 1 N–H and O–H groups in total. The molecule has 28 heavy (non-hydrogen) atoms. The van der Waals surface area contributed by atoms with Gasteiger partial charge in [-0.3, -0.25) is 4.79 Å². The van der Waals surface area contributed by atoms with Gasteiger partial charge in [-0.2, -0.15) is 0 Å². The van der Waals surface area contributed by atoms with Crippen LogP contribution < -0.4 is 15.0 Å². The van der Waals surface area contributed by atoms with Gasteiger partial charge in [0.2, 0.25) is 0 Å². The van der Waals surface area contributed by atoms with E-state index in [4.69, 9.17) is 9.72 Å². The molecular formula is C21H24N4O2S. The van der Waals surface area contributed by atoms with Crippen molar-refractivity contribution >= 4 is 32.6 Å². The molecule has 1 aliphatic carbocycles. The third-order valence-electron chi connectivity index (χ3n) is 5.20. The molecule has 0 saturated heterocycles. The molecule has 7 heteroatoms. The topological polar surface area (TPSA) is 67.3 Å². The zero-order valence-electron chi connectivity index (χ0n) is 16.1. The standard InChI is InChI=1S/C21H24N4O2S/c1-22-20(26)18-11-9-16(13-23-18)27-15-8-10-17-19(12-15)28-21(24-17)25(2)14-6-4-3-5-7-14/h8-14H,3-7H2,1-2H3,(H,22,26). The van der Waals surface area contributed by atoms with Crippen LogP contribution in [0.4, 0.5) is 5.13 Å². The summed E-state index contributed by atoms with van der Waals surface area (Å²) in [5, 5.41) is 3.62. The molecule has 2 heterocycles. The number of benzene rings is 1. The molecule has 0 atom stereocenters. The molecule has 6 nitrogen and oxygen atoms in total. The summed E-state index contributed by atoms with van der Waals surface area (Å²) in [5.41, 5.74) is 1.35. The fourth-order valence-corrected chi connectivity index (χ4v) is 4.60. The van der Waals surface area contributed by atoms with E-state index in [9.17, 15) is 4.79 Å². The predicted molar refractivity (Wildman–Crippen MR) is 113 cm³/mol. The molecule has 3 aromatic rings. The van der Waals surface area contributed by atoms with Crippen LogP contribution >= 0.6 is 11.3 Å². The van der Waals surface area contributed by atoms with E-state index < -0.39 is 0 Å². The van der Waals surface area contributed by atoms with Crippen molar-refractivity contribution < 1.29 is 9.53 Å². The second-order valence-corrected chi connectivity index (χ2v) is 8.10. The molecule has 146 valence electrons. The molecule has 0 bridgehead atoms. The van der Waals surface area contributed by atoms with Gasteiger partial charge in [0.05, 0.1) is 16.4 Å². The van der Waals surface area contributed by atoms with Gasteiger partial charge >= 0.3 is 0 Å². The molecule has 0 radical (unpaired) electrons. The van der Waals surface area contributed by atoms with E-state index in [1.807, 2.05) is 18.2 Å². The van der Waals surface area contributed by atoms with Crippen LogP contribution in [0.1, 0.15) is 42.6 Å². The van der Waals surface area contributed by atoms with Crippen molar-refractivity contribution in [2.75, 3.05) is 19.0 Å². The van der Waals surface area contributed by atoms with Crippen molar-refractivity contribution in [2.45, 2.75) is 38.1 Å². The number of anilines is 1. The number of carbonyl (C=O) groups is 1. The number of amides is 1. The minimum Gasteiger partial charge on any atom is -0.456 e. The highest BCUT2D eigenvalue weighted by molar-refractivity contribution is 7.22. The molecule has 1 aliphatic rings. The number of aromatic nitrogens is 2. The Hall–Kier alpha value is -2.67. The van der Waals surface area contributed by atoms with Crippen molar-refractivity contribution in [3.8, 4) is 11.5 Å². The first-order chi connectivity index (χ1) is 13.6. The Kier molecular flexibility index (Phi) is 5.43. The van der Waals surface area contributed by atoms with Gasteiger partial charge in [-0.25, -0.2) is 9.97 Å². The molecule has 1 saturated carbocycles. The first-order valence-corrected chi connectivity index (χ1v) is 10.4. The normalized spacial score (nSPS) is 14.8. The van der Waals surface area contributed by atoms with Crippen LogP contribution in [0.5, 0.6) is 11.5 Å². The number of pyridine rings is 1. The Labute approximate surface area is 168 Å². The van der Waals surface area contributed by atoms with E-state index in [-0.39, 0.29) is 5.91 Å². The summed E-state index contributed by atoms with van der Waals surface area (Å²) in [6, 6.07) is 9.91. The van der Waals surface area contributed by atoms with Crippen molar-refractivity contribution in [2.24, 2.45) is 0 Å². The Bertz CT molecular complexity index is 964. The zero-order chi connectivity index (χ0) is 19.5. The molecule has 2 aromatic heterocycles. The van der Waals surface area contributed by atoms with Crippen molar-refractivity contribution in [3.63, 3.8) is 0 Å². The lowest BCUT2D eigenvalue weighted by Gasteiger charge is -2.30. The maximum atomic E-state index is 11.6. The number of fused-ring (bicyclic) bond motifs is 1. The maximum Gasteiger partial charge on any atom is 0.269 e. The largest absolute Gasteiger partial charge is 0.456 e. The van der Waals surface area contributed by atoms with E-state index in [1.54, 1.807) is 36.7 Å². The Balaban J connectivity index is 1.50. The van der Waals surface area contributed by atoms with E-state index >= 15 is 0 Å². The van der Waals surface area contributed by atoms with Crippen molar-refractivity contribution in [3.05, 3.63) is 42.2 Å². The minimum absolute atomic E-state index is 0.216. The van der Waals surface area contributed by atoms with Gasteiger partial charge in [0, 0.05) is 26.2 Å². The van der Waals surface area contributed by atoms with Crippen LogP contribution in [0.25, 0.3) is 10.2 Å². The quantitative estimate of drug-likeness (QED) is 0.682. The lowest BCUT2D eigenvalue weighted by molar-refractivity contribution is 0.0958. The number of rotatable bonds is 5. The highest BCUT2D eigenvalue weighted by atomic mass is 32.1. The van der Waals surface area contributed by atoms with Crippen LogP contribution in [-0.4, -0.2) is 36.0 Å². The van der Waals surface area contributed by atoms with Crippen LogP contribution in [0, 0.1) is 0 Å². The van der Waals surface area contributed by atoms with Gasteiger partial charge in [0.25, 0.3) is 5.91 Å². The molecule has 1 fully saturated rings. The number of nitrogens with one attached hydrogen (secondary N) is 1. The first-order valence-electron chi connectivity index (χ1n) is 9.63. The Morgan fingerprint density at radius 3 is 2.68 bits per heavy atom. The summed E-state index contributed by atoms with van der Waals surface area (Å²) in [5.74, 6) is 1.11. The fraction of sp³-hybridized carbons (Fsp3) is 0.381. The van der Waals surface area contributed by atoms with E-state index in [0.717, 1.165) is 21.1 Å². The summed E-state index contributed by atoms with van der Waals surface area (Å²) in [4.78, 5) is 22.9. The molecule has 0 spiro atoms. The van der Waals surface area contributed by atoms with Gasteiger partial charge in [-0.1, -0.05) is 30.6 Å².